The van der Waals surface area contributed by atoms with E-state index >= 15 is 0 Å². The van der Waals surface area contributed by atoms with E-state index in [1.165, 1.54) is 0 Å². The van der Waals surface area contributed by atoms with Gasteiger partial charge in [0, 0.05) is 31.3 Å². The van der Waals surface area contributed by atoms with Gasteiger partial charge in [0.05, 0.1) is 46.7 Å². The third-order valence-electron chi connectivity index (χ3n) is 9.63. The van der Waals surface area contributed by atoms with Crippen LogP contribution in [0.4, 0.5) is 10.5 Å². The summed E-state index contributed by atoms with van der Waals surface area (Å²) in [7, 11) is 1.74. The van der Waals surface area contributed by atoms with E-state index in [1.807, 2.05) is 58.0 Å². The van der Waals surface area contributed by atoms with Crippen LogP contribution in [0.2, 0.25) is 5.02 Å². The van der Waals surface area contributed by atoms with Crippen LogP contribution in [0.3, 0.4) is 0 Å². The number of likely N-dealkylation sites (tertiary alicyclic amines) is 1. The maximum atomic E-state index is 13.5. The smallest absolute Gasteiger partial charge is 0.410 e. The number of rotatable bonds is 7. The maximum absolute atomic E-state index is 13.5. The van der Waals surface area contributed by atoms with Gasteiger partial charge < -0.3 is 24.1 Å². The Labute approximate surface area is 310 Å². The van der Waals surface area contributed by atoms with Gasteiger partial charge in [0.2, 0.25) is 5.89 Å². The van der Waals surface area contributed by atoms with Crippen molar-refractivity contribution >= 4 is 46.4 Å². The zero-order valence-corrected chi connectivity index (χ0v) is 30.7. The standard InChI is InChI=1S/C39H38ClN7O6/c1-21-25(8-6-9-26(21)36-44-29-15-22(14-24(16-41)33(29)52-36)17-46-13-12-23(18-46)37(49)50)27-10-7-11-28(32(27)40)43-35(48)34-42-30-19-47(20-31(30)45(34)5)38(51)53-39(2,3)4/h6-11,14-15,23H,12-13,17-20H2,1-5H3,(H,43,48)(H,49,50)/t23-/m0/s1. The van der Waals surface area contributed by atoms with E-state index < -0.39 is 29.5 Å². The number of amides is 2. The molecule has 5 aromatic rings. The van der Waals surface area contributed by atoms with E-state index in [0.717, 1.165) is 22.4 Å². The van der Waals surface area contributed by atoms with Crippen molar-refractivity contribution in [1.82, 2.24) is 24.3 Å². The lowest BCUT2D eigenvalue weighted by molar-refractivity contribution is -0.141. The number of nitriles is 1. The second-order valence-corrected chi connectivity index (χ2v) is 14.9. The fraction of sp³-hybridized carbons (Fsp3) is 0.333. The fourth-order valence-corrected chi connectivity index (χ4v) is 7.25. The number of nitrogens with one attached hydrogen (secondary N) is 1. The van der Waals surface area contributed by atoms with Gasteiger partial charge in [0.25, 0.3) is 5.91 Å². The van der Waals surface area contributed by atoms with Gasteiger partial charge in [-0.1, -0.05) is 35.9 Å². The number of hydrogen-bond donors (Lipinski definition) is 2. The van der Waals surface area contributed by atoms with Crippen molar-refractivity contribution in [3.8, 4) is 28.7 Å². The number of aromatic nitrogens is 3. The largest absolute Gasteiger partial charge is 0.481 e. The Morgan fingerprint density at radius 1 is 1.09 bits per heavy atom. The number of carbonyl (C=O) groups is 3. The molecule has 53 heavy (non-hydrogen) atoms. The summed E-state index contributed by atoms with van der Waals surface area (Å²) >= 11 is 6.97. The Kier molecular flexibility index (Phi) is 9.21. The molecule has 2 amide bonds. The number of ether oxygens (including phenoxy) is 1. The molecular formula is C39H38ClN7O6. The predicted molar refractivity (Wildman–Crippen MR) is 197 cm³/mol. The molecule has 3 aromatic carbocycles. The van der Waals surface area contributed by atoms with Crippen LogP contribution in [0.1, 0.15) is 65.9 Å². The quantitative estimate of drug-likeness (QED) is 0.175. The highest BCUT2D eigenvalue weighted by Gasteiger charge is 2.33. The van der Waals surface area contributed by atoms with Crippen LogP contribution < -0.4 is 5.32 Å². The molecule has 2 N–H and O–H groups in total. The minimum Gasteiger partial charge on any atom is -0.481 e. The first-order chi connectivity index (χ1) is 25.2. The van der Waals surface area contributed by atoms with Crippen LogP contribution in [0.5, 0.6) is 0 Å². The zero-order valence-electron chi connectivity index (χ0n) is 30.0. The molecule has 1 fully saturated rings. The molecule has 1 saturated heterocycles. The number of carboxylic acids is 1. The molecule has 14 heteroatoms. The lowest BCUT2D eigenvalue weighted by Crippen LogP contribution is -2.34. The summed E-state index contributed by atoms with van der Waals surface area (Å²) in [6.45, 7) is 9.51. The molecule has 7 rings (SSSR count). The number of benzene rings is 3. The Morgan fingerprint density at radius 3 is 2.53 bits per heavy atom. The monoisotopic (exact) mass is 735 g/mol. The van der Waals surface area contributed by atoms with Crippen molar-refractivity contribution in [2.75, 3.05) is 18.4 Å². The molecule has 1 atom stereocenters. The number of aliphatic carboxylic acids is 1. The maximum Gasteiger partial charge on any atom is 0.410 e. The molecule has 0 bridgehead atoms. The Hall–Kier alpha value is -5.71. The van der Waals surface area contributed by atoms with Gasteiger partial charge in [-0.15, -0.1) is 0 Å². The normalized spacial score (nSPS) is 15.8. The summed E-state index contributed by atoms with van der Waals surface area (Å²) < 4.78 is 13.4. The zero-order chi connectivity index (χ0) is 37.8. The van der Waals surface area contributed by atoms with Crippen molar-refractivity contribution in [1.29, 1.82) is 5.26 Å². The number of nitrogens with zero attached hydrogens (tertiary/aromatic N) is 6. The number of halogens is 1. The van der Waals surface area contributed by atoms with Gasteiger partial charge in [-0.05, 0) is 81.6 Å². The Bertz CT molecular complexity index is 2350. The van der Waals surface area contributed by atoms with E-state index in [4.69, 9.17) is 25.7 Å². The highest BCUT2D eigenvalue weighted by atomic mass is 35.5. The first-order valence-corrected chi connectivity index (χ1v) is 17.6. The van der Waals surface area contributed by atoms with Gasteiger partial charge in [-0.2, -0.15) is 5.26 Å². The van der Waals surface area contributed by atoms with Gasteiger partial charge in [-0.25, -0.2) is 14.8 Å². The molecule has 0 saturated carbocycles. The summed E-state index contributed by atoms with van der Waals surface area (Å²) in [6.07, 6.45) is 0.156. The van der Waals surface area contributed by atoms with Crippen molar-refractivity contribution in [3.63, 3.8) is 0 Å². The second kappa shape index (κ2) is 13.7. The summed E-state index contributed by atoms with van der Waals surface area (Å²) in [5.74, 6) is -1.09. The molecule has 0 aliphatic carbocycles. The highest BCUT2D eigenvalue weighted by molar-refractivity contribution is 6.36. The van der Waals surface area contributed by atoms with Gasteiger partial charge in [-0.3, -0.25) is 19.4 Å². The van der Waals surface area contributed by atoms with Crippen molar-refractivity contribution in [3.05, 3.63) is 87.5 Å². The first-order valence-electron chi connectivity index (χ1n) is 17.2. The predicted octanol–water partition coefficient (Wildman–Crippen LogP) is 7.14. The molecule has 13 nitrogen and oxygen atoms in total. The SMILES string of the molecule is Cc1c(-c2nc3cc(CN4CC[C@H](C(=O)O)C4)cc(C#N)c3o2)cccc1-c1cccc(NC(=O)c2nc3c(n2C)CN(C(=O)OC(C)(C)C)C3)c1Cl. The summed E-state index contributed by atoms with van der Waals surface area (Å²) in [4.78, 5) is 50.5. The third-order valence-corrected chi connectivity index (χ3v) is 10.0. The Morgan fingerprint density at radius 2 is 1.83 bits per heavy atom. The van der Waals surface area contributed by atoms with Crippen LogP contribution in [-0.2, 0) is 36.2 Å². The molecule has 4 heterocycles. The minimum absolute atomic E-state index is 0.194. The number of hydrogen-bond acceptors (Lipinski definition) is 9. The summed E-state index contributed by atoms with van der Waals surface area (Å²) in [6, 6.07) is 16.9. The van der Waals surface area contributed by atoms with Crippen LogP contribution in [-0.4, -0.2) is 66.1 Å². The molecular weight excluding hydrogens is 698 g/mol. The van der Waals surface area contributed by atoms with E-state index in [0.29, 0.717) is 76.1 Å². The molecule has 2 aliphatic heterocycles. The highest BCUT2D eigenvalue weighted by Crippen LogP contribution is 2.39. The van der Waals surface area contributed by atoms with Gasteiger partial charge in [0.1, 0.15) is 17.2 Å². The van der Waals surface area contributed by atoms with Crippen LogP contribution in [0.25, 0.3) is 33.7 Å². The van der Waals surface area contributed by atoms with Crippen LogP contribution in [0, 0.1) is 24.2 Å². The number of carbonyl (C=O) groups excluding carboxylic acids is 2. The topological polar surface area (TPSA) is 167 Å². The first kappa shape index (κ1) is 35.7. The number of carboxylic acid groups (broad SMARTS) is 1. The molecule has 2 aromatic heterocycles. The lowest BCUT2D eigenvalue weighted by atomic mass is 9.96. The molecule has 0 radical (unpaired) electrons. The average molecular weight is 736 g/mol. The molecule has 272 valence electrons. The summed E-state index contributed by atoms with van der Waals surface area (Å²) in [5, 5.41) is 22.6. The minimum atomic E-state index is -0.792. The van der Waals surface area contributed by atoms with Crippen LogP contribution in [0.15, 0.2) is 52.9 Å². The van der Waals surface area contributed by atoms with Crippen molar-refractivity contribution in [2.24, 2.45) is 13.0 Å². The molecule has 2 aliphatic rings. The van der Waals surface area contributed by atoms with E-state index in [9.17, 15) is 24.8 Å². The average Bonchev–Trinajstić information content (AvgIpc) is 3.90. The van der Waals surface area contributed by atoms with E-state index in [2.05, 4.69) is 21.3 Å². The summed E-state index contributed by atoms with van der Waals surface area (Å²) in [5.41, 5.74) is 6.30. The van der Waals surface area contributed by atoms with Crippen molar-refractivity contribution in [2.45, 2.75) is 59.4 Å². The van der Waals surface area contributed by atoms with E-state index in [-0.39, 0.29) is 18.9 Å². The van der Waals surface area contributed by atoms with Crippen LogP contribution >= 0.6 is 11.6 Å². The number of imidazole rings is 1. The van der Waals surface area contributed by atoms with E-state index in [1.54, 1.807) is 34.7 Å². The van der Waals surface area contributed by atoms with Gasteiger partial charge >= 0.3 is 12.1 Å². The molecule has 0 spiro atoms. The number of anilines is 1. The second-order valence-electron chi connectivity index (χ2n) is 14.5. The lowest BCUT2D eigenvalue weighted by Gasteiger charge is -2.24. The Balaban J connectivity index is 1.12. The number of oxazole rings is 1. The fourth-order valence-electron chi connectivity index (χ4n) is 6.98. The number of fused-ring (bicyclic) bond motifs is 2. The third kappa shape index (κ3) is 6.95. The van der Waals surface area contributed by atoms with Crippen molar-refractivity contribution < 1.29 is 28.6 Å². The van der Waals surface area contributed by atoms with Gasteiger partial charge in [0.15, 0.2) is 11.4 Å². The molecule has 0 unspecified atom stereocenters.